The molecule has 156 valence electrons. The van der Waals surface area contributed by atoms with Crippen molar-refractivity contribution in [2.75, 3.05) is 0 Å². The van der Waals surface area contributed by atoms with Gasteiger partial charge in [-0.2, -0.15) is 0 Å². The number of carboxylic acids is 1. The Labute approximate surface area is 165 Å². The minimum Gasteiger partial charge on any atom is -0.481 e. The number of carboxylic acid groups (broad SMARTS) is 1. The van der Waals surface area contributed by atoms with Crippen LogP contribution in [-0.2, 0) is 4.79 Å². The smallest absolute Gasteiger partial charge is 0.303 e. The van der Waals surface area contributed by atoms with E-state index in [4.69, 9.17) is 5.11 Å². The second-order valence-corrected chi connectivity index (χ2v) is 8.56. The van der Waals surface area contributed by atoms with Crippen LogP contribution in [0.2, 0.25) is 0 Å². The van der Waals surface area contributed by atoms with Gasteiger partial charge < -0.3 is 20.4 Å². The van der Waals surface area contributed by atoms with Crippen molar-refractivity contribution in [1.29, 1.82) is 0 Å². The molecule has 5 nitrogen and oxygen atoms in total. The average molecular weight is 394 g/mol. The number of aliphatic hydroxyl groups is 3. The highest BCUT2D eigenvalue weighted by molar-refractivity contribution is 5.66. The summed E-state index contributed by atoms with van der Waals surface area (Å²) in [4.78, 5) is 10.6. The van der Waals surface area contributed by atoms with Crippen molar-refractivity contribution in [2.45, 2.75) is 76.1 Å². The first-order valence-corrected chi connectivity index (χ1v) is 10.4. The standard InChI is InChI=1S/C22H31FO5/c23-17-9-6-5-7-15(17)18(24)11-14-13-22(14)16(19(25)12-20(22)26)8-3-1-2-4-10-21(27)28/h5-7,9,14,16,18-20,24-26H,1-4,8,10-13H2,(H,27,28)/t14-,16+,18+,19+,20-,22?/m1/s1. The molecule has 1 aromatic rings. The van der Waals surface area contributed by atoms with Crippen LogP contribution in [0.25, 0.3) is 0 Å². The number of hydrogen-bond acceptors (Lipinski definition) is 4. The Bertz CT molecular complexity index is 681. The van der Waals surface area contributed by atoms with Gasteiger partial charge in [-0.05, 0) is 43.6 Å². The highest BCUT2D eigenvalue weighted by atomic mass is 19.1. The third kappa shape index (κ3) is 4.39. The number of hydrogen-bond donors (Lipinski definition) is 4. The lowest BCUT2D eigenvalue weighted by atomic mass is 9.82. The molecule has 0 amide bonds. The number of benzene rings is 1. The number of halogens is 1. The summed E-state index contributed by atoms with van der Waals surface area (Å²) in [6.07, 6.45) is 3.73. The van der Waals surface area contributed by atoms with Gasteiger partial charge in [0.1, 0.15) is 5.82 Å². The van der Waals surface area contributed by atoms with Crippen molar-refractivity contribution in [3.05, 3.63) is 35.6 Å². The maximum atomic E-state index is 13.9. The lowest BCUT2D eigenvalue weighted by Crippen LogP contribution is -2.26. The van der Waals surface area contributed by atoms with Crippen LogP contribution < -0.4 is 0 Å². The van der Waals surface area contributed by atoms with E-state index in [1.807, 2.05) is 0 Å². The van der Waals surface area contributed by atoms with Gasteiger partial charge in [0.05, 0.1) is 18.3 Å². The zero-order chi connectivity index (χ0) is 20.3. The van der Waals surface area contributed by atoms with Gasteiger partial charge in [0, 0.05) is 23.8 Å². The lowest BCUT2D eigenvalue weighted by molar-refractivity contribution is -0.137. The summed E-state index contributed by atoms with van der Waals surface area (Å²) in [5.74, 6) is -1.14. The summed E-state index contributed by atoms with van der Waals surface area (Å²) < 4.78 is 13.9. The Morgan fingerprint density at radius 2 is 1.89 bits per heavy atom. The van der Waals surface area contributed by atoms with Gasteiger partial charge >= 0.3 is 5.97 Å². The Hall–Kier alpha value is -1.50. The van der Waals surface area contributed by atoms with Gasteiger partial charge in [-0.3, -0.25) is 4.79 Å². The Kier molecular flexibility index (Phi) is 6.73. The molecule has 3 rings (SSSR count). The predicted octanol–water partition coefficient (Wildman–Crippen LogP) is 3.42. The molecule has 28 heavy (non-hydrogen) atoms. The Balaban J connectivity index is 1.54. The summed E-state index contributed by atoms with van der Waals surface area (Å²) in [6.45, 7) is 0. The monoisotopic (exact) mass is 394 g/mol. The molecule has 0 radical (unpaired) electrons. The van der Waals surface area contributed by atoms with E-state index in [9.17, 15) is 24.5 Å². The van der Waals surface area contributed by atoms with Crippen LogP contribution in [0.15, 0.2) is 24.3 Å². The van der Waals surface area contributed by atoms with Crippen LogP contribution in [0.4, 0.5) is 4.39 Å². The fourth-order valence-electron chi connectivity index (χ4n) is 5.35. The molecule has 0 aromatic heterocycles. The predicted molar refractivity (Wildman–Crippen MR) is 102 cm³/mol. The van der Waals surface area contributed by atoms with E-state index < -0.39 is 30.1 Å². The molecule has 4 N–H and O–H groups in total. The third-order valence-electron chi connectivity index (χ3n) is 6.87. The molecule has 1 unspecified atom stereocenters. The molecule has 0 heterocycles. The van der Waals surface area contributed by atoms with Crippen LogP contribution in [0, 0.1) is 23.1 Å². The molecule has 0 saturated heterocycles. The third-order valence-corrected chi connectivity index (χ3v) is 6.87. The lowest BCUT2D eigenvalue weighted by Gasteiger charge is -2.25. The average Bonchev–Trinajstić information content (AvgIpc) is 3.29. The highest BCUT2D eigenvalue weighted by Gasteiger charge is 2.67. The van der Waals surface area contributed by atoms with E-state index >= 15 is 0 Å². The van der Waals surface area contributed by atoms with E-state index in [-0.39, 0.29) is 29.2 Å². The molecule has 6 atom stereocenters. The van der Waals surface area contributed by atoms with Crippen LogP contribution >= 0.6 is 0 Å². The Morgan fingerprint density at radius 3 is 2.61 bits per heavy atom. The zero-order valence-corrected chi connectivity index (χ0v) is 16.1. The fourth-order valence-corrected chi connectivity index (χ4v) is 5.35. The minimum absolute atomic E-state index is 0.0141. The molecule has 2 aliphatic rings. The van der Waals surface area contributed by atoms with Crippen molar-refractivity contribution < 1.29 is 29.6 Å². The second kappa shape index (κ2) is 8.89. The summed E-state index contributed by atoms with van der Waals surface area (Å²) in [5.41, 5.74) is -0.0836. The normalized spacial score (nSPS) is 32.6. The van der Waals surface area contributed by atoms with Crippen molar-refractivity contribution in [3.63, 3.8) is 0 Å². The van der Waals surface area contributed by atoms with Gasteiger partial charge in [0.15, 0.2) is 0 Å². The summed E-state index contributed by atoms with van der Waals surface area (Å²) >= 11 is 0. The summed E-state index contributed by atoms with van der Waals surface area (Å²) in [6, 6.07) is 6.21. The first kappa shape index (κ1) is 21.2. The fraction of sp³-hybridized carbons (Fsp3) is 0.682. The van der Waals surface area contributed by atoms with E-state index in [2.05, 4.69) is 0 Å². The molecule has 1 aromatic carbocycles. The SMILES string of the molecule is O=C(O)CCCCCC[C@H]1[C@@H](O)C[C@@H](O)C12C[C@H]2C[C@H](O)c1ccccc1F. The second-order valence-electron chi connectivity index (χ2n) is 8.56. The molecule has 2 saturated carbocycles. The minimum atomic E-state index is -0.910. The molecule has 6 heteroatoms. The molecule has 0 aliphatic heterocycles. The molecular formula is C22H31FO5. The molecule has 2 fully saturated rings. The number of carbonyl (C=O) groups is 1. The van der Waals surface area contributed by atoms with Crippen LogP contribution in [0.5, 0.6) is 0 Å². The van der Waals surface area contributed by atoms with Gasteiger partial charge in [0.25, 0.3) is 0 Å². The molecule has 1 spiro atoms. The molecule has 0 bridgehead atoms. The number of unbranched alkanes of at least 4 members (excludes halogenated alkanes) is 3. The van der Waals surface area contributed by atoms with Gasteiger partial charge in [-0.1, -0.05) is 37.5 Å². The van der Waals surface area contributed by atoms with Crippen LogP contribution in [0.1, 0.15) is 69.5 Å². The summed E-state index contributed by atoms with van der Waals surface area (Å²) in [5, 5.41) is 40.2. The maximum Gasteiger partial charge on any atom is 0.303 e. The first-order valence-electron chi connectivity index (χ1n) is 10.4. The van der Waals surface area contributed by atoms with E-state index in [1.54, 1.807) is 18.2 Å². The zero-order valence-electron chi connectivity index (χ0n) is 16.1. The maximum absolute atomic E-state index is 13.9. The number of rotatable bonds is 10. The largest absolute Gasteiger partial charge is 0.481 e. The number of aliphatic carboxylic acids is 1. The van der Waals surface area contributed by atoms with Crippen molar-refractivity contribution in [3.8, 4) is 0 Å². The molecule has 2 aliphatic carbocycles. The summed E-state index contributed by atoms with van der Waals surface area (Å²) in [7, 11) is 0. The van der Waals surface area contributed by atoms with Gasteiger partial charge in [-0.25, -0.2) is 4.39 Å². The van der Waals surface area contributed by atoms with Crippen LogP contribution in [-0.4, -0.2) is 38.6 Å². The van der Waals surface area contributed by atoms with Gasteiger partial charge in [0.2, 0.25) is 0 Å². The number of aliphatic hydroxyl groups excluding tert-OH is 3. The Morgan fingerprint density at radius 1 is 1.18 bits per heavy atom. The van der Waals surface area contributed by atoms with E-state index in [0.717, 1.165) is 32.1 Å². The van der Waals surface area contributed by atoms with Crippen molar-refractivity contribution in [1.82, 2.24) is 0 Å². The van der Waals surface area contributed by atoms with Crippen LogP contribution in [0.3, 0.4) is 0 Å². The van der Waals surface area contributed by atoms with E-state index in [1.165, 1.54) is 6.07 Å². The first-order chi connectivity index (χ1) is 13.4. The highest BCUT2D eigenvalue weighted by Crippen LogP contribution is 2.68. The van der Waals surface area contributed by atoms with Gasteiger partial charge in [-0.15, -0.1) is 0 Å². The quantitative estimate of drug-likeness (QED) is 0.456. The molecular weight excluding hydrogens is 363 g/mol. The van der Waals surface area contributed by atoms with E-state index in [0.29, 0.717) is 19.3 Å². The topological polar surface area (TPSA) is 98.0 Å². The van der Waals surface area contributed by atoms with Crippen molar-refractivity contribution in [2.24, 2.45) is 17.3 Å². The van der Waals surface area contributed by atoms with Crippen molar-refractivity contribution >= 4 is 5.97 Å².